The molecule has 2 rings (SSSR count). The summed E-state index contributed by atoms with van der Waals surface area (Å²) in [6, 6.07) is 11.3. The van der Waals surface area contributed by atoms with Crippen molar-refractivity contribution in [3.8, 4) is 0 Å². The zero-order chi connectivity index (χ0) is 9.80. The molecule has 1 aliphatic carbocycles. The average Bonchev–Trinajstić information content (AvgIpc) is 3.04. The van der Waals surface area contributed by atoms with Gasteiger partial charge in [0.05, 0.1) is 0 Å². The number of rotatable bonds is 5. The van der Waals surface area contributed by atoms with Crippen LogP contribution < -0.4 is 5.32 Å². The van der Waals surface area contributed by atoms with E-state index in [1.54, 1.807) is 0 Å². The van der Waals surface area contributed by atoms with Gasteiger partial charge in [0, 0.05) is 6.04 Å². The molecule has 0 heterocycles. The summed E-state index contributed by atoms with van der Waals surface area (Å²) >= 11 is 0. The molecule has 1 aliphatic rings. The Morgan fingerprint density at radius 1 is 1.29 bits per heavy atom. The van der Waals surface area contributed by atoms with Gasteiger partial charge in [-0.05, 0) is 31.4 Å². The molecule has 0 aliphatic heterocycles. The second kappa shape index (κ2) is 4.61. The lowest BCUT2D eigenvalue weighted by atomic mass is 10.0. The van der Waals surface area contributed by atoms with Crippen molar-refractivity contribution >= 4 is 0 Å². The number of hydrogen-bond donors (Lipinski definition) is 1. The van der Waals surface area contributed by atoms with Gasteiger partial charge < -0.3 is 5.32 Å². The van der Waals surface area contributed by atoms with E-state index in [4.69, 9.17) is 0 Å². The second-order valence-electron chi connectivity index (χ2n) is 4.27. The number of hydrogen-bond acceptors (Lipinski definition) is 1. The van der Waals surface area contributed by atoms with Crippen LogP contribution in [0.5, 0.6) is 0 Å². The van der Waals surface area contributed by atoms with E-state index in [-0.39, 0.29) is 0 Å². The number of nitrogens with one attached hydrogen (secondary N) is 1. The summed E-state index contributed by atoms with van der Waals surface area (Å²) in [6.45, 7) is 0. The zero-order valence-corrected chi connectivity index (χ0v) is 8.87. The van der Waals surface area contributed by atoms with Crippen molar-refractivity contribution in [1.82, 2.24) is 5.32 Å². The minimum absolute atomic E-state index is 0.553. The SMILES string of the molecule is CNC(CCC1CC1)c1ccccc1. The van der Waals surface area contributed by atoms with E-state index in [1.165, 1.54) is 31.2 Å². The van der Waals surface area contributed by atoms with Crippen molar-refractivity contribution in [1.29, 1.82) is 0 Å². The van der Waals surface area contributed by atoms with Gasteiger partial charge in [-0.1, -0.05) is 43.2 Å². The molecule has 0 aromatic heterocycles. The van der Waals surface area contributed by atoms with E-state index in [2.05, 4.69) is 42.7 Å². The molecule has 0 saturated heterocycles. The highest BCUT2D eigenvalue weighted by molar-refractivity contribution is 5.18. The van der Waals surface area contributed by atoms with Gasteiger partial charge in [-0.2, -0.15) is 0 Å². The first-order valence-electron chi connectivity index (χ1n) is 5.62. The van der Waals surface area contributed by atoms with Crippen LogP contribution in [-0.2, 0) is 0 Å². The van der Waals surface area contributed by atoms with Gasteiger partial charge in [0.25, 0.3) is 0 Å². The third-order valence-electron chi connectivity index (χ3n) is 3.11. The summed E-state index contributed by atoms with van der Waals surface area (Å²) in [6.07, 6.45) is 5.60. The Balaban J connectivity index is 1.90. The summed E-state index contributed by atoms with van der Waals surface area (Å²) in [5.41, 5.74) is 1.43. The van der Waals surface area contributed by atoms with Gasteiger partial charge >= 0.3 is 0 Å². The van der Waals surface area contributed by atoms with Crippen molar-refractivity contribution < 1.29 is 0 Å². The van der Waals surface area contributed by atoms with Crippen LogP contribution in [0.4, 0.5) is 0 Å². The average molecular weight is 189 g/mol. The lowest BCUT2D eigenvalue weighted by molar-refractivity contribution is 0.506. The van der Waals surface area contributed by atoms with Crippen LogP contribution in [-0.4, -0.2) is 7.05 Å². The molecule has 76 valence electrons. The van der Waals surface area contributed by atoms with Gasteiger partial charge in [0.15, 0.2) is 0 Å². The number of benzene rings is 1. The third-order valence-corrected chi connectivity index (χ3v) is 3.11. The maximum atomic E-state index is 3.40. The monoisotopic (exact) mass is 189 g/mol. The molecule has 1 heteroatoms. The van der Waals surface area contributed by atoms with Gasteiger partial charge in [0.2, 0.25) is 0 Å². The topological polar surface area (TPSA) is 12.0 Å². The quantitative estimate of drug-likeness (QED) is 0.750. The predicted octanol–water partition coefficient (Wildman–Crippen LogP) is 3.14. The molecule has 0 spiro atoms. The van der Waals surface area contributed by atoms with Crippen molar-refractivity contribution in [2.75, 3.05) is 7.05 Å². The highest BCUT2D eigenvalue weighted by Gasteiger charge is 2.22. The molecule has 0 bridgehead atoms. The van der Waals surface area contributed by atoms with Crippen molar-refractivity contribution in [3.63, 3.8) is 0 Å². The fourth-order valence-corrected chi connectivity index (χ4v) is 1.97. The van der Waals surface area contributed by atoms with Crippen LogP contribution in [0, 0.1) is 5.92 Å². The van der Waals surface area contributed by atoms with Crippen molar-refractivity contribution in [2.24, 2.45) is 5.92 Å². The normalized spacial score (nSPS) is 18.1. The molecule has 1 atom stereocenters. The van der Waals surface area contributed by atoms with Gasteiger partial charge in [-0.15, -0.1) is 0 Å². The summed E-state index contributed by atoms with van der Waals surface area (Å²) in [5.74, 6) is 1.04. The Hall–Kier alpha value is -0.820. The first kappa shape index (κ1) is 9.72. The molecule has 1 aromatic rings. The molecule has 1 nitrogen and oxygen atoms in total. The first-order valence-corrected chi connectivity index (χ1v) is 5.62. The molecule has 0 amide bonds. The first-order chi connectivity index (χ1) is 6.90. The van der Waals surface area contributed by atoms with Crippen LogP contribution in [0.15, 0.2) is 30.3 Å². The van der Waals surface area contributed by atoms with Crippen LogP contribution in [0.25, 0.3) is 0 Å². The zero-order valence-electron chi connectivity index (χ0n) is 8.87. The third kappa shape index (κ3) is 2.58. The second-order valence-corrected chi connectivity index (χ2v) is 4.27. The Morgan fingerprint density at radius 2 is 2.00 bits per heavy atom. The Kier molecular flexibility index (Phi) is 3.20. The Labute approximate surface area is 86.5 Å². The molecule has 1 fully saturated rings. The molecule has 1 aromatic carbocycles. The lowest BCUT2D eigenvalue weighted by Gasteiger charge is -2.16. The predicted molar refractivity (Wildman–Crippen MR) is 60.2 cm³/mol. The molecule has 1 N–H and O–H groups in total. The Morgan fingerprint density at radius 3 is 2.57 bits per heavy atom. The van der Waals surface area contributed by atoms with E-state index in [0.717, 1.165) is 5.92 Å². The van der Waals surface area contributed by atoms with E-state index in [0.29, 0.717) is 6.04 Å². The molecule has 1 unspecified atom stereocenters. The van der Waals surface area contributed by atoms with E-state index >= 15 is 0 Å². The summed E-state index contributed by atoms with van der Waals surface area (Å²) < 4.78 is 0. The van der Waals surface area contributed by atoms with E-state index in [1.807, 2.05) is 0 Å². The van der Waals surface area contributed by atoms with E-state index < -0.39 is 0 Å². The van der Waals surface area contributed by atoms with Crippen LogP contribution in [0.3, 0.4) is 0 Å². The van der Waals surface area contributed by atoms with Gasteiger partial charge in [-0.3, -0.25) is 0 Å². The van der Waals surface area contributed by atoms with Gasteiger partial charge in [-0.25, -0.2) is 0 Å². The highest BCUT2D eigenvalue weighted by atomic mass is 14.9. The minimum atomic E-state index is 0.553. The minimum Gasteiger partial charge on any atom is -0.313 e. The smallest absolute Gasteiger partial charge is 0.0317 e. The standard InChI is InChI=1S/C13H19N/c1-14-13(10-9-11-7-8-11)12-5-3-2-4-6-12/h2-6,11,13-14H,7-10H2,1H3. The maximum Gasteiger partial charge on any atom is 0.0317 e. The fraction of sp³-hybridized carbons (Fsp3) is 0.538. The highest BCUT2D eigenvalue weighted by Crippen LogP contribution is 2.35. The van der Waals surface area contributed by atoms with Gasteiger partial charge in [0.1, 0.15) is 0 Å². The molecular formula is C13H19N. The maximum absolute atomic E-state index is 3.40. The van der Waals surface area contributed by atoms with Crippen LogP contribution in [0.1, 0.15) is 37.3 Å². The largest absolute Gasteiger partial charge is 0.313 e. The van der Waals surface area contributed by atoms with Crippen LogP contribution >= 0.6 is 0 Å². The Bertz CT molecular complexity index is 264. The van der Waals surface area contributed by atoms with Crippen LogP contribution in [0.2, 0.25) is 0 Å². The summed E-state index contributed by atoms with van der Waals surface area (Å²) in [5, 5.41) is 3.40. The lowest BCUT2D eigenvalue weighted by Crippen LogP contribution is -2.16. The molecule has 14 heavy (non-hydrogen) atoms. The van der Waals surface area contributed by atoms with Crippen molar-refractivity contribution in [2.45, 2.75) is 31.7 Å². The molecule has 1 saturated carbocycles. The molecule has 0 radical (unpaired) electrons. The fourth-order valence-electron chi connectivity index (χ4n) is 1.97. The van der Waals surface area contributed by atoms with E-state index in [9.17, 15) is 0 Å². The summed E-state index contributed by atoms with van der Waals surface area (Å²) in [4.78, 5) is 0. The summed E-state index contributed by atoms with van der Waals surface area (Å²) in [7, 11) is 2.06. The van der Waals surface area contributed by atoms with Crippen molar-refractivity contribution in [3.05, 3.63) is 35.9 Å². The molecular weight excluding hydrogens is 170 g/mol.